The highest BCUT2D eigenvalue weighted by Crippen LogP contribution is 2.34. The minimum atomic E-state index is -0.691. The van der Waals surface area contributed by atoms with Crippen molar-refractivity contribution in [1.82, 2.24) is 4.57 Å². The number of halogens is 2. The fourth-order valence-corrected chi connectivity index (χ4v) is 5.42. The van der Waals surface area contributed by atoms with Gasteiger partial charge in [-0.25, -0.2) is 9.79 Å². The van der Waals surface area contributed by atoms with E-state index in [1.54, 1.807) is 30.7 Å². The number of methoxy groups -OCH3 is 1. The highest BCUT2D eigenvalue weighted by molar-refractivity contribution is 9.13. The quantitative estimate of drug-likeness (QED) is 0.363. The zero-order valence-corrected chi connectivity index (χ0v) is 22.8. The molecule has 0 saturated carbocycles. The highest BCUT2D eigenvalue weighted by Gasteiger charge is 2.34. The third kappa shape index (κ3) is 4.71. The van der Waals surface area contributed by atoms with Crippen LogP contribution in [-0.2, 0) is 9.53 Å². The van der Waals surface area contributed by atoms with Gasteiger partial charge >= 0.3 is 5.97 Å². The minimum Gasteiger partial charge on any atom is -0.497 e. The molecule has 1 aliphatic rings. The maximum absolute atomic E-state index is 13.6. The number of esters is 1. The molecule has 1 aromatic carbocycles. The van der Waals surface area contributed by atoms with E-state index in [0.29, 0.717) is 43.2 Å². The standard InChI is InChI=1S/C24H22Br2N2O5S/c1-4-7-17-19(23(30)32-5-2)20(13-8-6-9-14(10-13)31-3)28-22(29)18(34-24(28)27-17)12-15-11-16(25)21(26)33-15/h6,8-12,20H,4-5,7H2,1-3H3/b18-12+/t20-/m0/s1. The normalized spacial score (nSPS) is 15.8. The van der Waals surface area contributed by atoms with Gasteiger partial charge in [-0.2, -0.15) is 0 Å². The Labute approximate surface area is 216 Å². The van der Waals surface area contributed by atoms with Gasteiger partial charge in [-0.3, -0.25) is 9.36 Å². The third-order valence-corrected chi connectivity index (χ3v) is 7.93. The van der Waals surface area contributed by atoms with Gasteiger partial charge < -0.3 is 13.9 Å². The van der Waals surface area contributed by atoms with E-state index in [4.69, 9.17) is 18.9 Å². The summed E-state index contributed by atoms with van der Waals surface area (Å²) in [4.78, 5) is 32.1. The molecule has 4 rings (SSSR count). The molecule has 0 bridgehead atoms. The first-order chi connectivity index (χ1) is 16.4. The molecule has 3 aromatic rings. The Morgan fingerprint density at radius 3 is 2.74 bits per heavy atom. The molecule has 0 aliphatic carbocycles. The number of fused-ring (bicyclic) bond motifs is 1. The molecule has 0 unspecified atom stereocenters. The van der Waals surface area contributed by atoms with Gasteiger partial charge in [0.1, 0.15) is 11.5 Å². The first kappa shape index (κ1) is 24.7. The summed E-state index contributed by atoms with van der Waals surface area (Å²) >= 11 is 7.97. The zero-order valence-electron chi connectivity index (χ0n) is 18.8. The van der Waals surface area contributed by atoms with Crippen LogP contribution in [0.3, 0.4) is 0 Å². The average Bonchev–Trinajstić information content (AvgIpc) is 3.30. The molecule has 0 spiro atoms. The van der Waals surface area contributed by atoms with Crippen molar-refractivity contribution in [3.63, 3.8) is 0 Å². The molecule has 7 nitrogen and oxygen atoms in total. The van der Waals surface area contributed by atoms with Gasteiger partial charge in [0.15, 0.2) is 9.47 Å². The molecule has 0 fully saturated rings. The second-order valence-corrected chi connectivity index (χ2v) is 10.0. The number of hydrogen-bond donors (Lipinski definition) is 0. The van der Waals surface area contributed by atoms with E-state index >= 15 is 0 Å². The van der Waals surface area contributed by atoms with E-state index in [2.05, 4.69) is 31.9 Å². The van der Waals surface area contributed by atoms with Crippen LogP contribution < -0.4 is 19.6 Å². The number of rotatable bonds is 7. The number of thiazole rings is 1. The molecular formula is C24H22Br2N2O5S. The monoisotopic (exact) mass is 608 g/mol. The van der Waals surface area contributed by atoms with Crippen molar-refractivity contribution in [2.24, 2.45) is 4.99 Å². The van der Waals surface area contributed by atoms with E-state index in [0.717, 1.165) is 16.5 Å². The van der Waals surface area contributed by atoms with Crippen LogP contribution >= 0.6 is 43.2 Å². The van der Waals surface area contributed by atoms with Gasteiger partial charge in [-0.1, -0.05) is 36.8 Å². The van der Waals surface area contributed by atoms with Crippen molar-refractivity contribution in [2.45, 2.75) is 32.7 Å². The van der Waals surface area contributed by atoms with Crippen LogP contribution in [0.2, 0.25) is 0 Å². The van der Waals surface area contributed by atoms with Gasteiger partial charge in [0.2, 0.25) is 0 Å². The molecule has 3 heterocycles. The fourth-order valence-electron chi connectivity index (χ4n) is 3.81. The summed E-state index contributed by atoms with van der Waals surface area (Å²) in [5.74, 6) is 0.665. The van der Waals surface area contributed by atoms with E-state index in [1.807, 2.05) is 31.2 Å². The van der Waals surface area contributed by atoms with Gasteiger partial charge in [0.25, 0.3) is 5.56 Å². The molecule has 34 heavy (non-hydrogen) atoms. The van der Waals surface area contributed by atoms with Gasteiger partial charge in [-0.15, -0.1) is 0 Å². The number of ether oxygens (including phenoxy) is 2. The van der Waals surface area contributed by atoms with E-state index in [-0.39, 0.29) is 12.2 Å². The molecule has 0 radical (unpaired) electrons. The van der Waals surface area contributed by atoms with Crippen molar-refractivity contribution >= 4 is 55.2 Å². The predicted octanol–water partition coefficient (Wildman–Crippen LogP) is 4.71. The minimum absolute atomic E-state index is 0.221. The lowest BCUT2D eigenvalue weighted by atomic mass is 9.94. The molecule has 10 heteroatoms. The lowest BCUT2D eigenvalue weighted by Crippen LogP contribution is -2.40. The van der Waals surface area contributed by atoms with Gasteiger partial charge in [0.05, 0.1) is 40.0 Å². The summed E-state index contributed by atoms with van der Waals surface area (Å²) in [6, 6.07) is 8.44. The van der Waals surface area contributed by atoms with E-state index < -0.39 is 12.0 Å². The van der Waals surface area contributed by atoms with Crippen LogP contribution in [-0.4, -0.2) is 24.3 Å². The number of allylic oxidation sites excluding steroid dienone is 1. The fraction of sp³-hybridized carbons (Fsp3) is 0.292. The summed E-state index contributed by atoms with van der Waals surface area (Å²) in [6.45, 7) is 4.00. The third-order valence-electron chi connectivity index (χ3n) is 5.24. The molecule has 178 valence electrons. The number of carbonyl (C=O) groups is 1. The lowest BCUT2D eigenvalue weighted by Gasteiger charge is -2.26. The van der Waals surface area contributed by atoms with Crippen molar-refractivity contribution in [1.29, 1.82) is 0 Å². The molecule has 0 saturated heterocycles. The Kier molecular flexibility index (Phi) is 7.59. The molecule has 0 amide bonds. The Balaban J connectivity index is 2.00. The second kappa shape index (κ2) is 10.5. The topological polar surface area (TPSA) is 83.0 Å². The van der Waals surface area contributed by atoms with Crippen LogP contribution in [0.15, 0.2) is 64.9 Å². The average molecular weight is 610 g/mol. The van der Waals surface area contributed by atoms with Crippen molar-refractivity contribution in [2.75, 3.05) is 13.7 Å². The lowest BCUT2D eigenvalue weighted by molar-refractivity contribution is -0.139. The first-order valence-electron chi connectivity index (χ1n) is 10.7. The molecule has 0 N–H and O–H groups in total. The summed E-state index contributed by atoms with van der Waals surface area (Å²) in [5, 5.41) is 0. The van der Waals surface area contributed by atoms with Gasteiger partial charge in [0, 0.05) is 6.08 Å². The predicted molar refractivity (Wildman–Crippen MR) is 137 cm³/mol. The number of carbonyl (C=O) groups excluding carboxylic acids is 1. The van der Waals surface area contributed by atoms with Crippen LogP contribution in [0, 0.1) is 0 Å². The van der Waals surface area contributed by atoms with Crippen molar-refractivity contribution in [3.05, 3.63) is 81.8 Å². The summed E-state index contributed by atoms with van der Waals surface area (Å²) in [6.07, 6.45) is 3.04. The van der Waals surface area contributed by atoms with Crippen molar-refractivity contribution in [3.8, 4) is 5.75 Å². The number of nitrogens with zero attached hydrogens (tertiary/aromatic N) is 2. The second-order valence-electron chi connectivity index (χ2n) is 7.46. The van der Waals surface area contributed by atoms with Crippen LogP contribution in [0.1, 0.15) is 44.1 Å². The number of benzene rings is 1. The van der Waals surface area contributed by atoms with Gasteiger partial charge in [-0.05, 0) is 69.0 Å². The van der Waals surface area contributed by atoms with Crippen LogP contribution in [0.25, 0.3) is 6.08 Å². The van der Waals surface area contributed by atoms with E-state index in [1.165, 1.54) is 11.3 Å². The molecular weight excluding hydrogens is 588 g/mol. The summed E-state index contributed by atoms with van der Waals surface area (Å²) < 4.78 is 19.7. The van der Waals surface area contributed by atoms with Crippen molar-refractivity contribution < 1.29 is 18.7 Å². The largest absolute Gasteiger partial charge is 0.497 e. The smallest absolute Gasteiger partial charge is 0.338 e. The molecule has 2 aromatic heterocycles. The zero-order chi connectivity index (χ0) is 24.4. The maximum atomic E-state index is 13.6. The molecule has 1 aliphatic heterocycles. The first-order valence-corrected chi connectivity index (χ1v) is 13.1. The van der Waals surface area contributed by atoms with Crippen LogP contribution in [0.5, 0.6) is 5.75 Å². The number of aromatic nitrogens is 1. The highest BCUT2D eigenvalue weighted by atomic mass is 79.9. The summed E-state index contributed by atoms with van der Waals surface area (Å²) in [5.41, 5.74) is 1.48. The SMILES string of the molecule is CCCC1=C(C(=O)OCC)[C@H](c2cccc(OC)c2)n2c(s/c(=C/c3cc(Br)c(Br)o3)c2=O)=N1. The Morgan fingerprint density at radius 1 is 1.29 bits per heavy atom. The molecule has 1 atom stereocenters. The van der Waals surface area contributed by atoms with E-state index in [9.17, 15) is 9.59 Å². The van der Waals surface area contributed by atoms with Crippen LogP contribution in [0.4, 0.5) is 0 Å². The number of furan rings is 1. The Morgan fingerprint density at radius 2 is 2.09 bits per heavy atom. The Hall–Kier alpha value is -2.43. The Bertz CT molecular complexity index is 1430. The summed E-state index contributed by atoms with van der Waals surface area (Å²) in [7, 11) is 1.58. The number of hydrogen-bond acceptors (Lipinski definition) is 7. The maximum Gasteiger partial charge on any atom is 0.338 e.